The highest BCUT2D eigenvalue weighted by Crippen LogP contribution is 2.17. The Hall–Kier alpha value is -1.75. The monoisotopic (exact) mass is 235 g/mol. The Kier molecular flexibility index (Phi) is 3.82. The van der Waals surface area contributed by atoms with Crippen molar-refractivity contribution in [3.8, 4) is 11.3 Å². The minimum absolute atomic E-state index is 0.245. The summed E-state index contributed by atoms with van der Waals surface area (Å²) in [5, 5.41) is 7.84. The van der Waals surface area contributed by atoms with E-state index in [9.17, 15) is 4.39 Å². The second kappa shape index (κ2) is 5.54. The minimum atomic E-state index is -0.435. The van der Waals surface area contributed by atoms with Gasteiger partial charge in [0.1, 0.15) is 12.4 Å². The maximum absolute atomic E-state index is 12.1. The molecule has 0 saturated carbocycles. The fourth-order valence-corrected chi connectivity index (χ4v) is 1.56. The third-order valence-corrected chi connectivity index (χ3v) is 2.41. The molecular formula is C12H14FN3O. The number of hydrogen-bond acceptors (Lipinski definition) is 3. The third kappa shape index (κ3) is 2.88. The molecule has 0 spiro atoms. The highest BCUT2D eigenvalue weighted by molar-refractivity contribution is 5.57. The normalized spacial score (nSPS) is 10.7. The Balaban J connectivity index is 2.15. The SMILES string of the molecule is COCc1ccc(-c2cn(CCF)nn2)cc1. The quantitative estimate of drug-likeness (QED) is 0.796. The number of nitrogens with zero attached hydrogens (tertiary/aromatic N) is 3. The summed E-state index contributed by atoms with van der Waals surface area (Å²) in [4.78, 5) is 0. The average molecular weight is 235 g/mol. The van der Waals surface area contributed by atoms with Crippen LogP contribution in [0.4, 0.5) is 4.39 Å². The molecule has 4 nitrogen and oxygen atoms in total. The van der Waals surface area contributed by atoms with E-state index in [-0.39, 0.29) is 6.54 Å². The molecule has 90 valence electrons. The van der Waals surface area contributed by atoms with Crippen LogP contribution in [0.25, 0.3) is 11.3 Å². The minimum Gasteiger partial charge on any atom is -0.380 e. The van der Waals surface area contributed by atoms with Gasteiger partial charge in [0.05, 0.1) is 19.3 Å². The lowest BCUT2D eigenvalue weighted by atomic mass is 10.1. The van der Waals surface area contributed by atoms with Crippen LogP contribution in [0, 0.1) is 0 Å². The fourth-order valence-electron chi connectivity index (χ4n) is 1.56. The molecule has 0 bridgehead atoms. The predicted molar refractivity (Wildman–Crippen MR) is 62.1 cm³/mol. The van der Waals surface area contributed by atoms with E-state index in [0.717, 1.165) is 16.8 Å². The molecule has 1 heterocycles. The zero-order valence-corrected chi connectivity index (χ0v) is 9.64. The number of alkyl halides is 1. The molecule has 0 aliphatic heterocycles. The first-order valence-electron chi connectivity index (χ1n) is 5.38. The van der Waals surface area contributed by atoms with Crippen molar-refractivity contribution >= 4 is 0 Å². The van der Waals surface area contributed by atoms with Gasteiger partial charge >= 0.3 is 0 Å². The van der Waals surface area contributed by atoms with E-state index < -0.39 is 6.67 Å². The summed E-state index contributed by atoms with van der Waals surface area (Å²) >= 11 is 0. The lowest BCUT2D eigenvalue weighted by Gasteiger charge is -2.00. The van der Waals surface area contributed by atoms with Gasteiger partial charge in [-0.1, -0.05) is 29.5 Å². The maximum atomic E-state index is 12.1. The average Bonchev–Trinajstić information content (AvgIpc) is 2.80. The Labute approximate surface area is 99.0 Å². The molecule has 17 heavy (non-hydrogen) atoms. The number of ether oxygens (including phenoxy) is 1. The summed E-state index contributed by atoms with van der Waals surface area (Å²) in [6.07, 6.45) is 1.74. The Morgan fingerprint density at radius 2 is 2.06 bits per heavy atom. The van der Waals surface area contributed by atoms with Crippen LogP contribution in [0.5, 0.6) is 0 Å². The number of benzene rings is 1. The highest BCUT2D eigenvalue weighted by Gasteiger charge is 2.03. The first-order valence-corrected chi connectivity index (χ1v) is 5.38. The van der Waals surface area contributed by atoms with Gasteiger partial charge in [-0.05, 0) is 5.56 Å². The van der Waals surface area contributed by atoms with Gasteiger partial charge in [0.25, 0.3) is 0 Å². The van der Waals surface area contributed by atoms with Crippen molar-refractivity contribution < 1.29 is 9.13 Å². The van der Waals surface area contributed by atoms with Crippen LogP contribution in [-0.4, -0.2) is 28.8 Å². The van der Waals surface area contributed by atoms with Crippen LogP contribution < -0.4 is 0 Å². The van der Waals surface area contributed by atoms with Crippen LogP contribution in [0.15, 0.2) is 30.5 Å². The van der Waals surface area contributed by atoms with Crippen LogP contribution in [-0.2, 0) is 17.9 Å². The van der Waals surface area contributed by atoms with Crippen molar-refractivity contribution in [2.75, 3.05) is 13.8 Å². The van der Waals surface area contributed by atoms with Gasteiger partial charge in [0.2, 0.25) is 0 Å². The maximum Gasteiger partial charge on any atom is 0.113 e. The molecule has 0 amide bonds. The van der Waals surface area contributed by atoms with E-state index in [1.54, 1.807) is 13.3 Å². The van der Waals surface area contributed by atoms with Crippen molar-refractivity contribution in [2.24, 2.45) is 0 Å². The number of aromatic nitrogens is 3. The van der Waals surface area contributed by atoms with Gasteiger partial charge in [-0.15, -0.1) is 5.10 Å². The van der Waals surface area contributed by atoms with Gasteiger partial charge in [-0.2, -0.15) is 0 Å². The molecule has 1 aromatic carbocycles. The molecular weight excluding hydrogens is 221 g/mol. The Bertz CT molecular complexity index is 467. The predicted octanol–water partition coefficient (Wildman–Crippen LogP) is 2.06. The molecule has 5 heteroatoms. The molecule has 0 aliphatic carbocycles. The molecule has 0 unspecified atom stereocenters. The number of aryl methyl sites for hydroxylation is 1. The van der Waals surface area contributed by atoms with Crippen molar-refractivity contribution in [1.29, 1.82) is 0 Å². The van der Waals surface area contributed by atoms with E-state index in [4.69, 9.17) is 4.74 Å². The van der Waals surface area contributed by atoms with Gasteiger partial charge < -0.3 is 4.74 Å². The van der Waals surface area contributed by atoms with Crippen LogP contribution in [0.3, 0.4) is 0 Å². The van der Waals surface area contributed by atoms with E-state index in [0.29, 0.717) is 6.61 Å². The molecule has 0 aliphatic rings. The van der Waals surface area contributed by atoms with E-state index in [1.165, 1.54) is 4.68 Å². The lowest BCUT2D eigenvalue weighted by Crippen LogP contribution is -1.99. The largest absolute Gasteiger partial charge is 0.380 e. The molecule has 1 aromatic heterocycles. The standard InChI is InChI=1S/C12H14FN3O/c1-17-9-10-2-4-11(5-3-10)12-8-16(7-6-13)15-14-12/h2-5,8H,6-7,9H2,1H3. The highest BCUT2D eigenvalue weighted by atomic mass is 19.1. The first kappa shape index (κ1) is 11.7. The van der Waals surface area contributed by atoms with Gasteiger partial charge in [0, 0.05) is 12.7 Å². The van der Waals surface area contributed by atoms with Crippen molar-refractivity contribution in [1.82, 2.24) is 15.0 Å². The molecule has 0 fully saturated rings. The zero-order valence-electron chi connectivity index (χ0n) is 9.64. The Morgan fingerprint density at radius 1 is 1.29 bits per heavy atom. The lowest BCUT2D eigenvalue weighted by molar-refractivity contribution is 0.185. The molecule has 2 rings (SSSR count). The number of halogens is 1. The topological polar surface area (TPSA) is 39.9 Å². The van der Waals surface area contributed by atoms with E-state index in [1.807, 2.05) is 24.3 Å². The molecule has 0 atom stereocenters. The second-order valence-electron chi connectivity index (χ2n) is 3.69. The van der Waals surface area contributed by atoms with Gasteiger partial charge in [-0.3, -0.25) is 0 Å². The molecule has 0 saturated heterocycles. The molecule has 2 aromatic rings. The summed E-state index contributed by atoms with van der Waals surface area (Å²) in [5.74, 6) is 0. The van der Waals surface area contributed by atoms with E-state index >= 15 is 0 Å². The van der Waals surface area contributed by atoms with Crippen molar-refractivity contribution in [3.63, 3.8) is 0 Å². The van der Waals surface area contributed by atoms with E-state index in [2.05, 4.69) is 10.3 Å². The molecule has 0 N–H and O–H groups in total. The van der Waals surface area contributed by atoms with Gasteiger partial charge in [-0.25, -0.2) is 9.07 Å². The van der Waals surface area contributed by atoms with Crippen molar-refractivity contribution in [2.45, 2.75) is 13.2 Å². The summed E-state index contributed by atoms with van der Waals surface area (Å²) in [5.41, 5.74) is 2.82. The van der Waals surface area contributed by atoms with Crippen molar-refractivity contribution in [3.05, 3.63) is 36.0 Å². The van der Waals surface area contributed by atoms with Crippen LogP contribution in [0.1, 0.15) is 5.56 Å². The number of hydrogen-bond donors (Lipinski definition) is 0. The molecule has 0 radical (unpaired) electrons. The van der Waals surface area contributed by atoms with Gasteiger partial charge in [0.15, 0.2) is 0 Å². The first-order chi connectivity index (χ1) is 8.33. The summed E-state index contributed by atoms with van der Waals surface area (Å²) in [6, 6.07) is 7.87. The van der Waals surface area contributed by atoms with Crippen LogP contribution in [0.2, 0.25) is 0 Å². The summed E-state index contributed by atoms with van der Waals surface area (Å²) in [6.45, 7) is 0.402. The fraction of sp³-hybridized carbons (Fsp3) is 0.333. The Morgan fingerprint density at radius 3 is 2.71 bits per heavy atom. The summed E-state index contributed by atoms with van der Waals surface area (Å²) in [7, 11) is 1.66. The third-order valence-electron chi connectivity index (χ3n) is 2.41. The zero-order chi connectivity index (χ0) is 12.1. The number of rotatable bonds is 5. The number of methoxy groups -OCH3 is 1. The summed E-state index contributed by atoms with van der Waals surface area (Å²) < 4.78 is 18.7. The van der Waals surface area contributed by atoms with Crippen LogP contribution >= 0.6 is 0 Å². The smallest absolute Gasteiger partial charge is 0.113 e. The second-order valence-corrected chi connectivity index (χ2v) is 3.69.